The van der Waals surface area contributed by atoms with Crippen LogP contribution in [0.5, 0.6) is 5.75 Å². The molecule has 1 aliphatic rings. The van der Waals surface area contributed by atoms with Gasteiger partial charge < -0.3 is 20.7 Å². The van der Waals surface area contributed by atoms with Crippen LogP contribution in [0.25, 0.3) is 0 Å². The average Bonchev–Trinajstić information content (AvgIpc) is 2.90. The van der Waals surface area contributed by atoms with E-state index in [0.717, 1.165) is 31.5 Å². The van der Waals surface area contributed by atoms with Gasteiger partial charge in [0.1, 0.15) is 11.6 Å². The van der Waals surface area contributed by atoms with Crippen molar-refractivity contribution in [1.82, 2.24) is 10.3 Å². The van der Waals surface area contributed by atoms with Crippen molar-refractivity contribution < 1.29 is 14.3 Å². The van der Waals surface area contributed by atoms with E-state index in [1.54, 1.807) is 30.3 Å². The first-order chi connectivity index (χ1) is 17.8. The predicted octanol–water partition coefficient (Wildman–Crippen LogP) is 6.39. The largest absolute Gasteiger partial charge is 0.492 e. The van der Waals surface area contributed by atoms with Gasteiger partial charge in [0.15, 0.2) is 0 Å². The van der Waals surface area contributed by atoms with Crippen molar-refractivity contribution in [3.63, 3.8) is 0 Å². The molecule has 37 heavy (non-hydrogen) atoms. The molecule has 1 aliphatic heterocycles. The number of rotatable bonds is 8. The number of nitrogens with zero attached hydrogens (tertiary/aromatic N) is 1. The van der Waals surface area contributed by atoms with E-state index in [1.165, 1.54) is 12.3 Å². The fraction of sp³-hybridized carbons (Fsp3) is 0.321. The quantitative estimate of drug-likeness (QED) is 0.307. The molecule has 3 N–H and O–H groups in total. The van der Waals surface area contributed by atoms with Gasteiger partial charge in [0.2, 0.25) is 0 Å². The highest BCUT2D eigenvalue weighted by Gasteiger charge is 2.21. The third-order valence-corrected chi connectivity index (χ3v) is 6.69. The second kappa shape index (κ2) is 12.4. The molecule has 0 unspecified atom stereocenters. The lowest BCUT2D eigenvalue weighted by molar-refractivity contribution is 0.102. The van der Waals surface area contributed by atoms with Crippen LogP contribution in [0, 0.1) is 5.92 Å². The molecule has 1 aromatic heterocycles. The van der Waals surface area contributed by atoms with Crippen LogP contribution in [0.4, 0.5) is 11.5 Å². The number of carbonyl (C=O) groups excluding carboxylic acids is 2. The maximum atomic E-state index is 13.4. The number of anilines is 2. The number of piperidine rings is 1. The summed E-state index contributed by atoms with van der Waals surface area (Å²) in [6.45, 7) is 6.64. The first-order valence-electron chi connectivity index (χ1n) is 12.3. The highest BCUT2D eigenvalue weighted by molar-refractivity contribution is 6.31. The second-order valence-electron chi connectivity index (χ2n) is 9.39. The molecule has 0 aliphatic carbocycles. The normalized spacial score (nSPS) is 15.3. The van der Waals surface area contributed by atoms with Gasteiger partial charge in [-0.2, -0.15) is 0 Å². The minimum absolute atomic E-state index is 0.201. The molecule has 4 rings (SSSR count). The van der Waals surface area contributed by atoms with Gasteiger partial charge in [-0.15, -0.1) is 0 Å². The Morgan fingerprint density at radius 3 is 2.51 bits per heavy atom. The first kappa shape index (κ1) is 26.9. The summed E-state index contributed by atoms with van der Waals surface area (Å²) in [7, 11) is 0. The number of ether oxygens (including phenoxy) is 1. The minimum atomic E-state index is -0.468. The topological polar surface area (TPSA) is 92.4 Å². The van der Waals surface area contributed by atoms with E-state index < -0.39 is 5.91 Å². The lowest BCUT2D eigenvalue weighted by Crippen LogP contribution is -2.33. The lowest BCUT2D eigenvalue weighted by Gasteiger charge is -2.24. The SMILES string of the molecule is CC(C)c1ccc(C(=O)Nc2ccc(Cl)cc2C(=O)Nc2ccc(Cl)cn2)c(OC[C@@H]2CCCNC2)c1. The number of benzene rings is 2. The Morgan fingerprint density at radius 2 is 1.81 bits per heavy atom. The van der Waals surface area contributed by atoms with E-state index in [-0.39, 0.29) is 17.4 Å². The lowest BCUT2D eigenvalue weighted by atomic mass is 9.99. The average molecular weight is 541 g/mol. The van der Waals surface area contributed by atoms with E-state index in [0.29, 0.717) is 45.4 Å². The zero-order chi connectivity index (χ0) is 26.4. The fourth-order valence-electron chi connectivity index (χ4n) is 4.12. The second-order valence-corrected chi connectivity index (χ2v) is 10.3. The van der Waals surface area contributed by atoms with Crippen LogP contribution in [0.15, 0.2) is 54.7 Å². The number of hydrogen-bond acceptors (Lipinski definition) is 5. The molecule has 0 radical (unpaired) electrons. The van der Waals surface area contributed by atoms with Crippen molar-refractivity contribution in [2.45, 2.75) is 32.6 Å². The van der Waals surface area contributed by atoms with E-state index in [1.807, 2.05) is 12.1 Å². The van der Waals surface area contributed by atoms with Gasteiger partial charge in [-0.3, -0.25) is 9.59 Å². The number of amides is 2. The summed E-state index contributed by atoms with van der Waals surface area (Å²) in [5.74, 6) is 0.671. The van der Waals surface area contributed by atoms with Crippen LogP contribution in [0.2, 0.25) is 10.0 Å². The van der Waals surface area contributed by atoms with Gasteiger partial charge in [-0.05, 0) is 73.3 Å². The predicted molar refractivity (Wildman–Crippen MR) is 148 cm³/mol. The molecular weight excluding hydrogens is 511 g/mol. The number of hydrogen-bond donors (Lipinski definition) is 3. The molecule has 0 spiro atoms. The molecular formula is C28H30Cl2N4O3. The molecule has 0 saturated carbocycles. The van der Waals surface area contributed by atoms with Crippen LogP contribution in [-0.4, -0.2) is 36.5 Å². The highest BCUT2D eigenvalue weighted by Crippen LogP contribution is 2.28. The number of nitrogens with one attached hydrogen (secondary N) is 3. The minimum Gasteiger partial charge on any atom is -0.492 e. The van der Waals surface area contributed by atoms with Crippen LogP contribution >= 0.6 is 23.2 Å². The first-order valence-corrected chi connectivity index (χ1v) is 13.1. The molecule has 3 aromatic rings. The fourth-order valence-corrected chi connectivity index (χ4v) is 4.40. The van der Waals surface area contributed by atoms with Crippen LogP contribution in [0.1, 0.15) is 58.9 Å². The van der Waals surface area contributed by atoms with Crippen LogP contribution in [-0.2, 0) is 0 Å². The zero-order valence-corrected chi connectivity index (χ0v) is 22.3. The van der Waals surface area contributed by atoms with E-state index in [9.17, 15) is 9.59 Å². The van der Waals surface area contributed by atoms with Crippen molar-refractivity contribution in [1.29, 1.82) is 0 Å². The molecule has 2 aromatic carbocycles. The summed E-state index contributed by atoms with van der Waals surface area (Å²) < 4.78 is 6.19. The highest BCUT2D eigenvalue weighted by atomic mass is 35.5. The van der Waals surface area contributed by atoms with Crippen molar-refractivity contribution in [3.05, 3.63) is 81.5 Å². The number of halogens is 2. The van der Waals surface area contributed by atoms with Gasteiger partial charge in [0, 0.05) is 23.7 Å². The molecule has 194 valence electrons. The number of pyridine rings is 1. The summed E-state index contributed by atoms with van der Waals surface area (Å²) in [6.07, 6.45) is 3.63. The van der Waals surface area contributed by atoms with Gasteiger partial charge >= 0.3 is 0 Å². The Labute approximate surface area is 226 Å². The summed E-state index contributed by atoms with van der Waals surface area (Å²) in [5, 5.41) is 9.78. The maximum absolute atomic E-state index is 13.4. The van der Waals surface area contributed by atoms with Gasteiger partial charge in [-0.1, -0.05) is 43.1 Å². The molecule has 2 heterocycles. The van der Waals surface area contributed by atoms with Gasteiger partial charge in [0.05, 0.1) is 28.4 Å². The number of carbonyl (C=O) groups is 2. The molecule has 1 fully saturated rings. The Morgan fingerprint density at radius 1 is 1.03 bits per heavy atom. The summed E-state index contributed by atoms with van der Waals surface area (Å²) in [6, 6.07) is 13.5. The summed E-state index contributed by atoms with van der Waals surface area (Å²) in [5.41, 5.74) is 1.99. The van der Waals surface area contributed by atoms with Crippen molar-refractivity contribution >= 4 is 46.5 Å². The van der Waals surface area contributed by atoms with E-state index in [2.05, 4.69) is 34.8 Å². The maximum Gasteiger partial charge on any atom is 0.259 e. The third-order valence-electron chi connectivity index (χ3n) is 6.23. The van der Waals surface area contributed by atoms with E-state index in [4.69, 9.17) is 27.9 Å². The molecule has 1 saturated heterocycles. The van der Waals surface area contributed by atoms with Crippen LogP contribution < -0.4 is 20.7 Å². The van der Waals surface area contributed by atoms with Gasteiger partial charge in [0.25, 0.3) is 11.8 Å². The molecule has 2 amide bonds. The summed E-state index contributed by atoms with van der Waals surface area (Å²) >= 11 is 12.1. The standard InChI is InChI=1S/C28H30Cl2N4O3/c1-17(2)19-5-8-22(25(12-19)37-16-18-4-3-11-31-14-18)27(35)33-24-9-6-20(29)13-23(24)28(36)34-26-10-7-21(30)15-32-26/h5-10,12-13,15,17-18,31H,3-4,11,14,16H2,1-2H3,(H,33,35)(H,32,34,36)/t18-/m1/s1. The molecule has 1 atom stereocenters. The summed E-state index contributed by atoms with van der Waals surface area (Å²) in [4.78, 5) is 30.5. The Bertz CT molecular complexity index is 1260. The third kappa shape index (κ3) is 7.22. The van der Waals surface area contributed by atoms with Gasteiger partial charge in [-0.25, -0.2) is 4.98 Å². The molecule has 9 heteroatoms. The van der Waals surface area contributed by atoms with Crippen molar-refractivity contribution in [3.8, 4) is 5.75 Å². The molecule has 0 bridgehead atoms. The van der Waals surface area contributed by atoms with E-state index >= 15 is 0 Å². The molecule has 7 nitrogen and oxygen atoms in total. The Balaban J connectivity index is 1.56. The number of aromatic nitrogens is 1. The monoisotopic (exact) mass is 540 g/mol. The smallest absolute Gasteiger partial charge is 0.259 e. The van der Waals surface area contributed by atoms with Crippen molar-refractivity contribution in [2.24, 2.45) is 5.92 Å². The Kier molecular flexibility index (Phi) is 9.03. The Hall–Kier alpha value is -3.13. The van der Waals surface area contributed by atoms with Crippen molar-refractivity contribution in [2.75, 3.05) is 30.3 Å². The van der Waals surface area contributed by atoms with Crippen LogP contribution in [0.3, 0.4) is 0 Å². The zero-order valence-electron chi connectivity index (χ0n) is 20.8.